The maximum atomic E-state index is 13.8. The van der Waals surface area contributed by atoms with Crippen LogP contribution in [0.15, 0.2) is 41.4 Å². The fourth-order valence-corrected chi connectivity index (χ4v) is 3.13. The van der Waals surface area contributed by atoms with E-state index in [1.165, 1.54) is 18.2 Å². The van der Waals surface area contributed by atoms with Crippen LogP contribution in [0.25, 0.3) is 11.0 Å². The number of imidazole rings is 1. The van der Waals surface area contributed by atoms with E-state index in [1.54, 1.807) is 25.1 Å². The molecule has 4 rings (SSSR count). The molecular formula is C21H19FN4O3. The number of Topliss-reactive ketones (excluding diaryl/α,β-unsaturated/α-hetero) is 1. The minimum Gasteiger partial charge on any atom is -0.446 e. The number of fused-ring (bicyclic) bond motifs is 2. The van der Waals surface area contributed by atoms with Gasteiger partial charge < -0.3 is 9.72 Å². The summed E-state index contributed by atoms with van der Waals surface area (Å²) in [4.78, 5) is 35.7. The highest BCUT2D eigenvalue weighted by molar-refractivity contribution is 6.22. The van der Waals surface area contributed by atoms with Gasteiger partial charge in [-0.1, -0.05) is 13.0 Å². The quantitative estimate of drug-likeness (QED) is 0.697. The zero-order valence-corrected chi connectivity index (χ0v) is 16.0. The second-order valence-electron chi connectivity index (χ2n) is 6.84. The van der Waals surface area contributed by atoms with Crippen molar-refractivity contribution in [2.75, 3.05) is 11.9 Å². The van der Waals surface area contributed by atoms with E-state index in [1.807, 2.05) is 6.92 Å². The molecule has 3 aromatic rings. The van der Waals surface area contributed by atoms with Crippen molar-refractivity contribution in [1.29, 1.82) is 0 Å². The normalized spacial score (nSPS) is 14.3. The van der Waals surface area contributed by atoms with Crippen molar-refractivity contribution in [3.8, 4) is 0 Å². The van der Waals surface area contributed by atoms with Gasteiger partial charge in [0, 0.05) is 16.7 Å². The molecule has 0 radical (unpaired) electrons. The fourth-order valence-electron chi connectivity index (χ4n) is 3.13. The van der Waals surface area contributed by atoms with Gasteiger partial charge in [0.2, 0.25) is 5.95 Å². The number of ketones is 1. The summed E-state index contributed by atoms with van der Waals surface area (Å²) in [5.74, 6) is -0.310. The second-order valence-corrected chi connectivity index (χ2v) is 6.84. The summed E-state index contributed by atoms with van der Waals surface area (Å²) in [7, 11) is 0. The highest BCUT2D eigenvalue weighted by Gasteiger charge is 2.22. The predicted molar refractivity (Wildman–Crippen MR) is 107 cm³/mol. The van der Waals surface area contributed by atoms with Crippen molar-refractivity contribution in [2.24, 2.45) is 4.99 Å². The first-order valence-corrected chi connectivity index (χ1v) is 9.30. The van der Waals surface area contributed by atoms with Crippen LogP contribution in [-0.4, -0.2) is 40.2 Å². The number of rotatable bonds is 4. The van der Waals surface area contributed by atoms with E-state index in [-0.39, 0.29) is 24.4 Å². The van der Waals surface area contributed by atoms with Crippen LogP contribution in [0.2, 0.25) is 0 Å². The molecule has 1 aliphatic rings. The number of H-pyrrole nitrogens is 1. The number of halogens is 1. The summed E-state index contributed by atoms with van der Waals surface area (Å²) < 4.78 is 19.0. The number of aromatic amines is 1. The minimum atomic E-state index is -0.585. The van der Waals surface area contributed by atoms with Crippen LogP contribution in [0.3, 0.4) is 0 Å². The lowest BCUT2D eigenvalue weighted by atomic mass is 9.92. The van der Waals surface area contributed by atoms with Gasteiger partial charge >= 0.3 is 6.09 Å². The molecule has 2 heterocycles. The first-order valence-electron chi connectivity index (χ1n) is 9.30. The molecule has 29 heavy (non-hydrogen) atoms. The van der Waals surface area contributed by atoms with E-state index < -0.39 is 11.9 Å². The van der Waals surface area contributed by atoms with Crippen molar-refractivity contribution >= 4 is 34.6 Å². The van der Waals surface area contributed by atoms with E-state index >= 15 is 0 Å². The average molecular weight is 394 g/mol. The number of ether oxygens (including phenoxy) is 1. The number of carbonyl (C=O) groups is 2. The Bertz CT molecular complexity index is 1150. The number of anilines is 1. The van der Waals surface area contributed by atoms with E-state index in [0.29, 0.717) is 39.9 Å². The molecule has 1 unspecified atom stereocenters. The van der Waals surface area contributed by atoms with E-state index in [0.717, 1.165) is 0 Å². The standard InChI is InChI=1S/C21H19FN4O3/c1-3-11(2)29-21(28)26-20-24-16-7-4-12(8-17(16)25-20)19-15-9-13(22)5-6-14(15)18(27)10-23-19/h4-9,11H,3,10H2,1-2H3,(H2,24,25,26,28). The van der Waals surface area contributed by atoms with Crippen LogP contribution in [0.4, 0.5) is 15.1 Å². The van der Waals surface area contributed by atoms with Gasteiger partial charge in [-0.25, -0.2) is 14.2 Å². The van der Waals surface area contributed by atoms with Gasteiger partial charge in [0.1, 0.15) is 18.5 Å². The van der Waals surface area contributed by atoms with Crippen LogP contribution in [-0.2, 0) is 4.74 Å². The number of hydrogen-bond acceptors (Lipinski definition) is 5. The summed E-state index contributed by atoms with van der Waals surface area (Å²) in [6, 6.07) is 9.45. The number of aliphatic imine (C=N–C) groups is 1. The highest BCUT2D eigenvalue weighted by atomic mass is 19.1. The first kappa shape index (κ1) is 18.8. The largest absolute Gasteiger partial charge is 0.446 e. The summed E-state index contributed by atoms with van der Waals surface area (Å²) >= 11 is 0. The first-order chi connectivity index (χ1) is 13.9. The number of carbonyl (C=O) groups excluding carboxylic acids is 2. The molecule has 7 nitrogen and oxygen atoms in total. The highest BCUT2D eigenvalue weighted by Crippen LogP contribution is 2.24. The lowest BCUT2D eigenvalue weighted by Gasteiger charge is -2.16. The van der Waals surface area contributed by atoms with Gasteiger partial charge in [0.05, 0.1) is 16.7 Å². The number of hydrogen-bond donors (Lipinski definition) is 2. The zero-order valence-electron chi connectivity index (χ0n) is 16.0. The van der Waals surface area contributed by atoms with Crippen LogP contribution in [0, 0.1) is 5.82 Å². The van der Waals surface area contributed by atoms with Gasteiger partial charge in [-0.15, -0.1) is 0 Å². The molecular weight excluding hydrogens is 375 g/mol. The molecule has 1 aliphatic heterocycles. The maximum absolute atomic E-state index is 13.8. The van der Waals surface area contributed by atoms with E-state index in [4.69, 9.17) is 4.74 Å². The third-order valence-electron chi connectivity index (χ3n) is 4.78. The topological polar surface area (TPSA) is 96.4 Å². The monoisotopic (exact) mass is 394 g/mol. The van der Waals surface area contributed by atoms with Gasteiger partial charge in [-0.3, -0.25) is 15.1 Å². The maximum Gasteiger partial charge on any atom is 0.414 e. The fraction of sp³-hybridized carbons (Fsp3) is 0.238. The lowest BCUT2D eigenvalue weighted by molar-refractivity contribution is 0.1000. The molecule has 0 saturated heterocycles. The Kier molecular flexibility index (Phi) is 4.84. The number of aromatic nitrogens is 2. The number of benzene rings is 2. The van der Waals surface area contributed by atoms with Crippen molar-refractivity contribution in [3.63, 3.8) is 0 Å². The number of nitrogens with one attached hydrogen (secondary N) is 2. The smallest absolute Gasteiger partial charge is 0.414 e. The lowest BCUT2D eigenvalue weighted by Crippen LogP contribution is -2.20. The Hall–Kier alpha value is -3.55. The van der Waals surface area contributed by atoms with E-state index in [9.17, 15) is 14.0 Å². The molecule has 1 amide bonds. The summed E-state index contributed by atoms with van der Waals surface area (Å²) in [5, 5.41) is 2.57. The molecule has 2 N–H and O–H groups in total. The van der Waals surface area contributed by atoms with Crippen molar-refractivity contribution < 1.29 is 18.7 Å². The molecule has 0 bridgehead atoms. The molecule has 2 aromatic carbocycles. The van der Waals surface area contributed by atoms with Crippen LogP contribution < -0.4 is 5.32 Å². The summed E-state index contributed by atoms with van der Waals surface area (Å²) in [5.41, 5.74) is 3.49. The number of amides is 1. The predicted octanol–water partition coefficient (Wildman–Crippen LogP) is 4.08. The molecule has 0 aliphatic carbocycles. The molecule has 1 atom stereocenters. The average Bonchev–Trinajstić information content (AvgIpc) is 3.09. The van der Waals surface area contributed by atoms with E-state index in [2.05, 4.69) is 20.3 Å². The molecule has 1 aromatic heterocycles. The van der Waals surface area contributed by atoms with Gasteiger partial charge in [-0.05, 0) is 43.7 Å². The third-order valence-corrected chi connectivity index (χ3v) is 4.78. The Labute approximate surface area is 166 Å². The van der Waals surface area contributed by atoms with Crippen LogP contribution in [0.5, 0.6) is 0 Å². The molecule has 148 valence electrons. The molecule has 8 heteroatoms. The minimum absolute atomic E-state index is 0.0171. The Balaban J connectivity index is 1.64. The van der Waals surface area contributed by atoms with Gasteiger partial charge in [0.15, 0.2) is 5.78 Å². The van der Waals surface area contributed by atoms with Crippen molar-refractivity contribution in [3.05, 3.63) is 58.9 Å². The molecule has 0 fully saturated rings. The zero-order chi connectivity index (χ0) is 20.5. The van der Waals surface area contributed by atoms with Gasteiger partial charge in [-0.2, -0.15) is 0 Å². The Morgan fingerprint density at radius 2 is 2.10 bits per heavy atom. The summed E-state index contributed by atoms with van der Waals surface area (Å²) in [6.07, 6.45) is -0.0690. The van der Waals surface area contributed by atoms with Crippen LogP contribution >= 0.6 is 0 Å². The van der Waals surface area contributed by atoms with Crippen LogP contribution in [0.1, 0.15) is 41.8 Å². The molecule has 0 saturated carbocycles. The third kappa shape index (κ3) is 3.73. The SMILES string of the molecule is CCC(C)OC(=O)Nc1nc2ccc(C3=NCC(=O)c4ccc(F)cc43)cc2[nH]1. The van der Waals surface area contributed by atoms with Gasteiger partial charge in [0.25, 0.3) is 0 Å². The summed E-state index contributed by atoms with van der Waals surface area (Å²) in [6.45, 7) is 3.75. The van der Waals surface area contributed by atoms with Crippen molar-refractivity contribution in [1.82, 2.24) is 9.97 Å². The molecule has 0 spiro atoms. The Morgan fingerprint density at radius 1 is 1.28 bits per heavy atom. The Morgan fingerprint density at radius 3 is 2.90 bits per heavy atom. The number of nitrogens with zero attached hydrogens (tertiary/aromatic N) is 2. The van der Waals surface area contributed by atoms with Crippen molar-refractivity contribution in [2.45, 2.75) is 26.4 Å². The second kappa shape index (κ2) is 7.46.